The second kappa shape index (κ2) is 8.81. The number of thiazole rings is 2. The fourth-order valence-electron chi connectivity index (χ4n) is 3.79. The van der Waals surface area contributed by atoms with Crippen molar-refractivity contribution >= 4 is 55.3 Å². The van der Waals surface area contributed by atoms with Crippen molar-refractivity contribution in [1.82, 2.24) is 9.97 Å². The molecule has 0 spiro atoms. The van der Waals surface area contributed by atoms with Crippen LogP contribution in [0.15, 0.2) is 76.2 Å². The molecule has 0 atom stereocenters. The molecule has 10 heteroatoms. The number of aryl methyl sites for hydroxylation is 1. The molecule has 2 N–H and O–H groups in total. The van der Waals surface area contributed by atoms with Crippen LogP contribution in [-0.4, -0.2) is 33.8 Å². The van der Waals surface area contributed by atoms with Gasteiger partial charge in [0.15, 0.2) is 5.71 Å². The van der Waals surface area contributed by atoms with Crippen molar-refractivity contribution in [2.75, 3.05) is 22.3 Å². The van der Waals surface area contributed by atoms with Gasteiger partial charge < -0.3 is 5.32 Å². The Balaban J connectivity index is 1.33. The minimum atomic E-state index is -0.334. The number of anilines is 3. The van der Waals surface area contributed by atoms with Gasteiger partial charge in [-0.2, -0.15) is 15.2 Å². The van der Waals surface area contributed by atoms with Crippen LogP contribution in [-0.2, 0) is 11.2 Å². The first-order chi connectivity index (χ1) is 16.8. The molecule has 1 amide bonds. The highest BCUT2D eigenvalue weighted by atomic mass is 32.1. The average molecular weight is 486 g/mol. The maximum Gasteiger partial charge on any atom is 0.303 e. The Hall–Kier alpha value is -3.89. The van der Waals surface area contributed by atoms with E-state index in [1.165, 1.54) is 27.7 Å². The van der Waals surface area contributed by atoms with E-state index in [0.717, 1.165) is 46.9 Å². The number of carbonyl (C=O) groups is 1. The first kappa shape index (κ1) is 20.7. The number of amides is 1. The second-order valence-corrected chi connectivity index (χ2v) is 9.55. The molecule has 2 aliphatic heterocycles. The zero-order chi connectivity index (χ0) is 22.9. The first-order valence-corrected chi connectivity index (χ1v) is 12.5. The van der Waals surface area contributed by atoms with Crippen LogP contribution in [0.1, 0.15) is 17.7 Å². The summed E-state index contributed by atoms with van der Waals surface area (Å²) in [5.41, 5.74) is 7.33. The van der Waals surface area contributed by atoms with Gasteiger partial charge in [-0.15, -0.1) is 11.3 Å². The van der Waals surface area contributed by atoms with Crippen molar-refractivity contribution in [3.05, 3.63) is 77.3 Å². The highest BCUT2D eigenvalue weighted by Gasteiger charge is 2.36. The Labute approximate surface area is 203 Å². The Morgan fingerprint density at radius 3 is 2.53 bits per heavy atom. The van der Waals surface area contributed by atoms with Gasteiger partial charge in [-0.3, -0.25) is 10.2 Å². The Kier molecular flexibility index (Phi) is 5.36. The predicted molar refractivity (Wildman–Crippen MR) is 138 cm³/mol. The van der Waals surface area contributed by atoms with Gasteiger partial charge in [0.1, 0.15) is 10.7 Å². The Bertz CT molecular complexity index is 1390. The van der Waals surface area contributed by atoms with Crippen molar-refractivity contribution < 1.29 is 4.79 Å². The van der Waals surface area contributed by atoms with E-state index in [1.54, 1.807) is 0 Å². The van der Waals surface area contributed by atoms with E-state index < -0.39 is 0 Å². The molecular formula is C24H19N7OS2. The molecule has 2 aromatic carbocycles. The van der Waals surface area contributed by atoms with Crippen molar-refractivity contribution in [2.24, 2.45) is 10.2 Å². The largest absolute Gasteiger partial charge is 0.375 e. The second-order valence-electron chi connectivity index (χ2n) is 7.71. The molecule has 2 aliphatic rings. The van der Waals surface area contributed by atoms with E-state index in [0.29, 0.717) is 16.0 Å². The van der Waals surface area contributed by atoms with Crippen molar-refractivity contribution in [2.45, 2.75) is 12.8 Å². The number of nitrogens with zero attached hydrogens (tertiary/aromatic N) is 5. The van der Waals surface area contributed by atoms with Crippen LogP contribution in [0.3, 0.4) is 0 Å². The molecule has 168 valence electrons. The number of hydrogen-bond donors (Lipinski definition) is 2. The van der Waals surface area contributed by atoms with Gasteiger partial charge >= 0.3 is 5.91 Å². The highest BCUT2D eigenvalue weighted by molar-refractivity contribution is 7.19. The van der Waals surface area contributed by atoms with Crippen LogP contribution >= 0.6 is 22.7 Å². The summed E-state index contributed by atoms with van der Waals surface area (Å²) in [5.74, 6) is -0.334. The summed E-state index contributed by atoms with van der Waals surface area (Å²) in [6.45, 7) is 0.945. The molecule has 6 rings (SSSR count). The minimum absolute atomic E-state index is 0.226. The Morgan fingerprint density at radius 2 is 1.76 bits per heavy atom. The highest BCUT2D eigenvalue weighted by Crippen LogP contribution is 2.33. The molecule has 0 radical (unpaired) electrons. The summed E-state index contributed by atoms with van der Waals surface area (Å²) in [6, 6.07) is 19.4. The van der Waals surface area contributed by atoms with Crippen LogP contribution in [0, 0.1) is 0 Å². The first-order valence-electron chi connectivity index (χ1n) is 10.8. The van der Waals surface area contributed by atoms with E-state index in [-0.39, 0.29) is 11.6 Å². The maximum atomic E-state index is 13.4. The van der Waals surface area contributed by atoms with E-state index in [2.05, 4.69) is 30.9 Å². The third kappa shape index (κ3) is 3.87. The lowest BCUT2D eigenvalue weighted by atomic mass is 10.1. The lowest BCUT2D eigenvalue weighted by Crippen LogP contribution is -2.28. The quantitative estimate of drug-likeness (QED) is 0.394. The summed E-state index contributed by atoms with van der Waals surface area (Å²) in [5, 5.41) is 17.9. The SMILES string of the molecule is O=C1/C(=N\Nc2nc3c(s2)NCCC3)C(c2ccccc2)=NN1c1nc(-c2ccccc2)cs1. The fourth-order valence-corrected chi connectivity index (χ4v) is 5.45. The van der Waals surface area contributed by atoms with Gasteiger partial charge in [-0.25, -0.2) is 9.97 Å². The van der Waals surface area contributed by atoms with Crippen molar-refractivity contribution in [3.63, 3.8) is 0 Å². The molecule has 0 saturated heterocycles. The summed E-state index contributed by atoms with van der Waals surface area (Å²) in [7, 11) is 0. The summed E-state index contributed by atoms with van der Waals surface area (Å²) < 4.78 is 0. The van der Waals surface area contributed by atoms with Crippen molar-refractivity contribution in [1.29, 1.82) is 0 Å². The zero-order valence-corrected chi connectivity index (χ0v) is 19.6. The summed E-state index contributed by atoms with van der Waals surface area (Å²) in [6.07, 6.45) is 2.00. The number of carbonyl (C=O) groups excluding carboxylic acids is 1. The number of rotatable bonds is 5. The van der Waals surface area contributed by atoms with Crippen LogP contribution in [0.2, 0.25) is 0 Å². The fraction of sp³-hybridized carbons (Fsp3) is 0.125. The van der Waals surface area contributed by atoms with Gasteiger partial charge in [0.2, 0.25) is 10.3 Å². The normalized spacial score (nSPS) is 16.4. The molecule has 2 aromatic heterocycles. The summed E-state index contributed by atoms with van der Waals surface area (Å²) >= 11 is 2.87. The smallest absolute Gasteiger partial charge is 0.303 e. The number of hydrazone groups is 2. The van der Waals surface area contributed by atoms with E-state index in [1.807, 2.05) is 66.0 Å². The molecule has 4 heterocycles. The molecule has 0 unspecified atom stereocenters. The third-order valence-corrected chi connectivity index (χ3v) is 7.22. The predicted octanol–water partition coefficient (Wildman–Crippen LogP) is 4.84. The molecule has 0 bridgehead atoms. The number of benzene rings is 2. The number of nitrogens with one attached hydrogen (secondary N) is 2. The molecule has 0 aliphatic carbocycles. The minimum Gasteiger partial charge on any atom is -0.375 e. The monoisotopic (exact) mass is 485 g/mol. The number of hydrogen-bond acceptors (Lipinski definition) is 9. The third-order valence-electron chi connectivity index (χ3n) is 5.45. The van der Waals surface area contributed by atoms with E-state index in [9.17, 15) is 4.79 Å². The van der Waals surface area contributed by atoms with E-state index >= 15 is 0 Å². The standard InChI is InChI=1S/C24H19N7OS2/c32-22-20(28-29-23-26-17-12-7-13-25-21(17)34-23)19(16-10-5-2-6-11-16)30-31(22)24-27-18(14-33-24)15-8-3-1-4-9-15/h1-6,8-11,14,25H,7,12-13H2,(H,26,29)/b28-20-. The molecule has 0 fully saturated rings. The molecule has 34 heavy (non-hydrogen) atoms. The maximum absolute atomic E-state index is 13.4. The molecule has 0 saturated carbocycles. The van der Waals surface area contributed by atoms with E-state index in [4.69, 9.17) is 0 Å². The number of fused-ring (bicyclic) bond motifs is 1. The summed E-state index contributed by atoms with van der Waals surface area (Å²) in [4.78, 5) is 22.7. The Morgan fingerprint density at radius 1 is 1.00 bits per heavy atom. The lowest BCUT2D eigenvalue weighted by Gasteiger charge is -2.10. The van der Waals surface area contributed by atoms with Crippen LogP contribution < -0.4 is 15.8 Å². The molecular weight excluding hydrogens is 466 g/mol. The topological polar surface area (TPSA) is 94.9 Å². The van der Waals surface area contributed by atoms with Gasteiger partial charge in [0.25, 0.3) is 0 Å². The van der Waals surface area contributed by atoms with Crippen LogP contribution in [0.25, 0.3) is 11.3 Å². The van der Waals surface area contributed by atoms with Gasteiger partial charge in [0.05, 0.1) is 11.4 Å². The van der Waals surface area contributed by atoms with Crippen molar-refractivity contribution in [3.8, 4) is 11.3 Å². The van der Waals surface area contributed by atoms with Gasteiger partial charge in [-0.05, 0) is 12.8 Å². The molecule has 8 nitrogen and oxygen atoms in total. The zero-order valence-electron chi connectivity index (χ0n) is 17.9. The van der Waals surface area contributed by atoms with Gasteiger partial charge in [-0.1, -0.05) is 72.0 Å². The van der Waals surface area contributed by atoms with Gasteiger partial charge in [0, 0.05) is 23.1 Å². The van der Waals surface area contributed by atoms with Crippen LogP contribution in [0.4, 0.5) is 15.3 Å². The molecule has 4 aromatic rings. The average Bonchev–Trinajstić information content (AvgIpc) is 3.61. The number of aromatic nitrogens is 2. The lowest BCUT2D eigenvalue weighted by molar-refractivity contribution is -0.112. The van der Waals surface area contributed by atoms with Crippen LogP contribution in [0.5, 0.6) is 0 Å².